The molecule has 5 nitrogen and oxygen atoms in total. The van der Waals surface area contributed by atoms with Crippen LogP contribution in [0.3, 0.4) is 0 Å². The number of ether oxygens (including phenoxy) is 1. The van der Waals surface area contributed by atoms with Crippen LogP contribution in [0.25, 0.3) is 11.3 Å². The van der Waals surface area contributed by atoms with Crippen LogP contribution in [0.1, 0.15) is 37.8 Å². The quantitative estimate of drug-likeness (QED) is 0.466. The average Bonchev–Trinajstić information content (AvgIpc) is 2.76. The number of nitrogens with zero attached hydrogens (tertiary/aromatic N) is 3. The molecule has 1 amide bonds. The smallest absolute Gasteiger partial charge is 0.433 e. The molecule has 0 aliphatic heterocycles. The fourth-order valence-corrected chi connectivity index (χ4v) is 4.23. The van der Waals surface area contributed by atoms with Crippen molar-refractivity contribution in [2.45, 2.75) is 49.5 Å². The molecule has 162 valence electrons. The zero-order valence-corrected chi connectivity index (χ0v) is 17.7. The monoisotopic (exact) mass is 439 g/mol. The van der Waals surface area contributed by atoms with Crippen molar-refractivity contribution in [2.24, 2.45) is 0 Å². The lowest BCUT2D eigenvalue weighted by atomic mass is 9.94. The standard InChI is InChI=1S/C21H24F3N3O2S/c1-27(15-6-4-3-5-7-15)19(28)13-30-20-25-17(12-18(26-20)21(22,23)24)14-8-10-16(29-2)11-9-14/h8-12,15H,3-7,13H2,1-2H3. The summed E-state index contributed by atoms with van der Waals surface area (Å²) in [5.74, 6) is 0.463. The molecule has 3 rings (SSSR count). The maximum Gasteiger partial charge on any atom is 0.433 e. The van der Waals surface area contributed by atoms with Gasteiger partial charge in [-0.05, 0) is 43.2 Å². The molecule has 1 heterocycles. The number of rotatable bonds is 6. The average molecular weight is 440 g/mol. The summed E-state index contributed by atoms with van der Waals surface area (Å²) in [6.45, 7) is 0. The van der Waals surface area contributed by atoms with E-state index in [4.69, 9.17) is 4.74 Å². The highest BCUT2D eigenvalue weighted by atomic mass is 32.2. The third-order valence-corrected chi connectivity index (χ3v) is 6.05. The van der Waals surface area contributed by atoms with Crippen molar-refractivity contribution in [3.63, 3.8) is 0 Å². The molecule has 1 fully saturated rings. The fraction of sp³-hybridized carbons (Fsp3) is 0.476. The number of carbonyl (C=O) groups excluding carboxylic acids is 1. The lowest BCUT2D eigenvalue weighted by molar-refractivity contribution is -0.141. The maximum atomic E-state index is 13.4. The molecule has 9 heteroatoms. The Bertz CT molecular complexity index is 869. The molecule has 0 N–H and O–H groups in total. The van der Waals surface area contributed by atoms with Gasteiger partial charge in [0.15, 0.2) is 5.16 Å². The SMILES string of the molecule is COc1ccc(-c2cc(C(F)(F)F)nc(SCC(=O)N(C)C3CCCCC3)n2)cc1. The van der Waals surface area contributed by atoms with Crippen LogP contribution in [-0.2, 0) is 11.0 Å². The number of methoxy groups -OCH3 is 1. The van der Waals surface area contributed by atoms with Crippen LogP contribution in [0.5, 0.6) is 5.75 Å². The van der Waals surface area contributed by atoms with Crippen LogP contribution in [0, 0.1) is 0 Å². The van der Waals surface area contributed by atoms with Gasteiger partial charge in [-0.25, -0.2) is 9.97 Å². The number of aromatic nitrogens is 2. The first-order valence-electron chi connectivity index (χ1n) is 9.77. The van der Waals surface area contributed by atoms with Crippen molar-refractivity contribution >= 4 is 17.7 Å². The molecule has 1 aromatic heterocycles. The Morgan fingerprint density at radius 2 is 1.83 bits per heavy atom. The second-order valence-corrected chi connectivity index (χ2v) is 8.17. The van der Waals surface area contributed by atoms with Crippen LogP contribution in [-0.4, -0.2) is 46.7 Å². The van der Waals surface area contributed by atoms with Gasteiger partial charge in [0.05, 0.1) is 18.6 Å². The number of hydrogen-bond acceptors (Lipinski definition) is 5. The zero-order chi connectivity index (χ0) is 21.7. The first kappa shape index (κ1) is 22.4. The summed E-state index contributed by atoms with van der Waals surface area (Å²) < 4.78 is 45.2. The van der Waals surface area contributed by atoms with E-state index in [0.29, 0.717) is 11.3 Å². The fourth-order valence-electron chi connectivity index (χ4n) is 3.44. The minimum atomic E-state index is -4.61. The summed E-state index contributed by atoms with van der Waals surface area (Å²) in [4.78, 5) is 22.1. The molecule has 1 aliphatic carbocycles. The molecule has 2 aromatic rings. The topological polar surface area (TPSA) is 55.3 Å². The Balaban J connectivity index is 1.78. The van der Waals surface area contributed by atoms with Gasteiger partial charge in [0.2, 0.25) is 5.91 Å². The van der Waals surface area contributed by atoms with E-state index >= 15 is 0 Å². The van der Waals surface area contributed by atoms with Gasteiger partial charge in [0.1, 0.15) is 11.4 Å². The molecule has 1 saturated carbocycles. The number of carbonyl (C=O) groups is 1. The Kier molecular flexibility index (Phi) is 7.23. The van der Waals surface area contributed by atoms with Crippen LogP contribution >= 0.6 is 11.8 Å². The summed E-state index contributed by atoms with van der Waals surface area (Å²) in [7, 11) is 3.27. The molecule has 0 saturated heterocycles. The summed E-state index contributed by atoms with van der Waals surface area (Å²) in [6, 6.07) is 7.70. The Morgan fingerprint density at radius 1 is 1.17 bits per heavy atom. The summed E-state index contributed by atoms with van der Waals surface area (Å²) in [6.07, 6.45) is 0.694. The van der Waals surface area contributed by atoms with Gasteiger partial charge < -0.3 is 9.64 Å². The van der Waals surface area contributed by atoms with Gasteiger partial charge in [0, 0.05) is 18.7 Å². The van der Waals surface area contributed by atoms with E-state index in [1.54, 1.807) is 36.2 Å². The van der Waals surface area contributed by atoms with E-state index in [9.17, 15) is 18.0 Å². The molecule has 0 spiro atoms. The van der Waals surface area contributed by atoms with E-state index in [-0.39, 0.29) is 28.6 Å². The van der Waals surface area contributed by atoms with Gasteiger partial charge in [-0.3, -0.25) is 4.79 Å². The van der Waals surface area contributed by atoms with Gasteiger partial charge in [-0.15, -0.1) is 0 Å². The number of hydrogen-bond donors (Lipinski definition) is 0. The minimum absolute atomic E-state index is 0.00361. The van der Waals surface area contributed by atoms with Crippen molar-refractivity contribution in [1.29, 1.82) is 0 Å². The molecule has 0 atom stereocenters. The van der Waals surface area contributed by atoms with E-state index < -0.39 is 11.9 Å². The van der Waals surface area contributed by atoms with Crippen LogP contribution in [0.4, 0.5) is 13.2 Å². The van der Waals surface area contributed by atoms with Gasteiger partial charge in [-0.1, -0.05) is 31.0 Å². The van der Waals surface area contributed by atoms with E-state index in [0.717, 1.165) is 43.5 Å². The number of halogens is 3. The number of amides is 1. The molecule has 0 unspecified atom stereocenters. The third-order valence-electron chi connectivity index (χ3n) is 5.22. The summed E-state index contributed by atoms with van der Waals surface area (Å²) >= 11 is 0.930. The highest BCUT2D eigenvalue weighted by Crippen LogP contribution is 2.32. The molecule has 1 aliphatic rings. The lowest BCUT2D eigenvalue weighted by Gasteiger charge is -2.31. The predicted molar refractivity (Wildman–Crippen MR) is 109 cm³/mol. The third kappa shape index (κ3) is 5.65. The van der Waals surface area contributed by atoms with Crippen LogP contribution < -0.4 is 4.74 Å². The molecule has 1 aromatic carbocycles. The molecular weight excluding hydrogens is 415 g/mol. The highest BCUT2D eigenvalue weighted by molar-refractivity contribution is 7.99. The molecule has 0 radical (unpaired) electrons. The first-order valence-corrected chi connectivity index (χ1v) is 10.8. The normalized spacial score (nSPS) is 15.1. The van der Waals surface area contributed by atoms with Crippen molar-refractivity contribution in [2.75, 3.05) is 19.9 Å². The molecular formula is C21H24F3N3O2S. The molecule has 30 heavy (non-hydrogen) atoms. The van der Waals surface area contributed by atoms with Gasteiger partial charge in [0.25, 0.3) is 0 Å². The van der Waals surface area contributed by atoms with Crippen LogP contribution in [0.15, 0.2) is 35.5 Å². The van der Waals surface area contributed by atoms with E-state index in [2.05, 4.69) is 9.97 Å². The molecule has 0 bridgehead atoms. The Morgan fingerprint density at radius 3 is 2.43 bits per heavy atom. The Hall–Kier alpha value is -2.29. The van der Waals surface area contributed by atoms with Crippen LogP contribution in [0.2, 0.25) is 0 Å². The van der Waals surface area contributed by atoms with Crippen molar-refractivity contribution in [1.82, 2.24) is 14.9 Å². The zero-order valence-electron chi connectivity index (χ0n) is 16.9. The number of alkyl halides is 3. The minimum Gasteiger partial charge on any atom is -0.497 e. The summed E-state index contributed by atoms with van der Waals surface area (Å²) in [5, 5.41) is -0.0685. The number of benzene rings is 1. The van der Waals surface area contributed by atoms with E-state index in [1.165, 1.54) is 13.5 Å². The number of thioether (sulfide) groups is 1. The maximum absolute atomic E-state index is 13.4. The van der Waals surface area contributed by atoms with Crippen molar-refractivity contribution < 1.29 is 22.7 Å². The predicted octanol–water partition coefficient (Wildman–Crippen LogP) is 5.05. The van der Waals surface area contributed by atoms with Gasteiger partial charge in [-0.2, -0.15) is 13.2 Å². The highest BCUT2D eigenvalue weighted by Gasteiger charge is 2.34. The first-order chi connectivity index (χ1) is 14.3. The Labute approximate surface area is 178 Å². The van der Waals surface area contributed by atoms with Crippen molar-refractivity contribution in [3.8, 4) is 17.0 Å². The van der Waals surface area contributed by atoms with E-state index in [1.807, 2.05) is 0 Å². The van der Waals surface area contributed by atoms with Gasteiger partial charge >= 0.3 is 6.18 Å². The summed E-state index contributed by atoms with van der Waals surface area (Å²) in [5.41, 5.74) is -0.370. The lowest BCUT2D eigenvalue weighted by Crippen LogP contribution is -2.39. The van der Waals surface area contributed by atoms with Crippen molar-refractivity contribution in [3.05, 3.63) is 36.0 Å². The second-order valence-electron chi connectivity index (χ2n) is 7.23. The largest absolute Gasteiger partial charge is 0.497 e. The second kappa shape index (κ2) is 9.68.